The molecule has 1 heterocycles. The largest absolute Gasteiger partial charge is 0.467 e. The molecule has 0 unspecified atom stereocenters. The maximum atomic E-state index is 10.7. The molecular formula is C5H7N3O3S. The van der Waals surface area contributed by atoms with Gasteiger partial charge in [-0.1, -0.05) is 0 Å². The second-order valence-electron chi connectivity index (χ2n) is 1.95. The van der Waals surface area contributed by atoms with Crippen molar-refractivity contribution in [2.24, 2.45) is 5.14 Å². The fourth-order valence-corrected chi connectivity index (χ4v) is 0.956. The monoisotopic (exact) mass is 189 g/mol. The molecule has 66 valence electrons. The van der Waals surface area contributed by atoms with Crippen LogP contribution in [-0.2, 0) is 10.0 Å². The third-order valence-corrected chi connectivity index (χ3v) is 1.98. The number of aromatic nitrogens is 2. The zero-order valence-corrected chi connectivity index (χ0v) is 7.08. The topological polar surface area (TPSA) is 95.2 Å². The van der Waals surface area contributed by atoms with E-state index in [0.29, 0.717) is 0 Å². The standard InChI is InChI=1S/C5H7N3O3S/c1-11-5-7-2-4(3-8-5)12(6,9)10/h2-3H,1H3,(H2,6,9,10). The molecule has 1 rings (SSSR count). The van der Waals surface area contributed by atoms with Gasteiger partial charge in [-0.15, -0.1) is 0 Å². The molecule has 1 aromatic heterocycles. The molecule has 1 aromatic rings. The van der Waals surface area contributed by atoms with Crippen molar-refractivity contribution >= 4 is 10.0 Å². The molecule has 0 atom stereocenters. The Balaban J connectivity index is 3.09. The molecule has 0 saturated carbocycles. The number of hydrogen-bond acceptors (Lipinski definition) is 5. The summed E-state index contributed by atoms with van der Waals surface area (Å²) in [5.74, 6) is 0. The number of nitrogens with zero attached hydrogens (tertiary/aromatic N) is 2. The van der Waals surface area contributed by atoms with Gasteiger partial charge in [-0.25, -0.2) is 23.5 Å². The molecule has 0 fully saturated rings. The zero-order valence-electron chi connectivity index (χ0n) is 6.26. The molecule has 0 aliphatic rings. The quantitative estimate of drug-likeness (QED) is 0.652. The first-order valence-corrected chi connectivity index (χ1v) is 4.47. The van der Waals surface area contributed by atoms with Gasteiger partial charge < -0.3 is 4.74 Å². The van der Waals surface area contributed by atoms with E-state index >= 15 is 0 Å². The van der Waals surface area contributed by atoms with E-state index in [4.69, 9.17) is 5.14 Å². The van der Waals surface area contributed by atoms with Crippen molar-refractivity contribution in [3.05, 3.63) is 12.4 Å². The number of rotatable bonds is 2. The first kappa shape index (κ1) is 8.88. The first-order chi connectivity index (χ1) is 5.54. The molecule has 0 aromatic carbocycles. The van der Waals surface area contributed by atoms with E-state index < -0.39 is 10.0 Å². The predicted molar refractivity (Wildman–Crippen MR) is 40.0 cm³/mol. The summed E-state index contributed by atoms with van der Waals surface area (Å²) in [4.78, 5) is 7.01. The molecule has 0 bridgehead atoms. The van der Waals surface area contributed by atoms with Crippen LogP contribution in [0.25, 0.3) is 0 Å². The summed E-state index contributed by atoms with van der Waals surface area (Å²) < 4.78 is 26.0. The Labute approximate surface area is 69.4 Å². The van der Waals surface area contributed by atoms with Gasteiger partial charge in [0.2, 0.25) is 10.0 Å². The van der Waals surface area contributed by atoms with Gasteiger partial charge in [0, 0.05) is 0 Å². The molecule has 0 amide bonds. The maximum absolute atomic E-state index is 10.7. The Morgan fingerprint density at radius 1 is 1.42 bits per heavy atom. The van der Waals surface area contributed by atoms with Gasteiger partial charge in [0.05, 0.1) is 19.5 Å². The van der Waals surface area contributed by atoms with Crippen LogP contribution in [0.3, 0.4) is 0 Å². The van der Waals surface area contributed by atoms with Crippen LogP contribution >= 0.6 is 0 Å². The molecule has 6 nitrogen and oxygen atoms in total. The van der Waals surface area contributed by atoms with Gasteiger partial charge in [0.25, 0.3) is 0 Å². The molecular weight excluding hydrogens is 182 g/mol. The Morgan fingerprint density at radius 3 is 2.25 bits per heavy atom. The average molecular weight is 189 g/mol. The minimum atomic E-state index is -3.71. The summed E-state index contributed by atoms with van der Waals surface area (Å²) in [6, 6.07) is 0.0994. The van der Waals surface area contributed by atoms with Gasteiger partial charge in [0.1, 0.15) is 4.90 Å². The van der Waals surface area contributed by atoms with Gasteiger partial charge in [-0.3, -0.25) is 0 Å². The second-order valence-corrected chi connectivity index (χ2v) is 3.51. The maximum Gasteiger partial charge on any atom is 0.316 e. The molecule has 0 aliphatic heterocycles. The van der Waals surface area contributed by atoms with Crippen LogP contribution in [0.2, 0.25) is 0 Å². The molecule has 0 spiro atoms. The zero-order chi connectivity index (χ0) is 9.19. The van der Waals surface area contributed by atoms with Crippen LogP contribution in [0.5, 0.6) is 6.01 Å². The number of hydrogen-bond donors (Lipinski definition) is 1. The number of methoxy groups -OCH3 is 1. The number of nitrogens with two attached hydrogens (primary N) is 1. The van der Waals surface area contributed by atoms with E-state index in [-0.39, 0.29) is 10.9 Å². The molecule has 12 heavy (non-hydrogen) atoms. The van der Waals surface area contributed by atoms with Gasteiger partial charge >= 0.3 is 6.01 Å². The number of sulfonamides is 1. The fourth-order valence-electron chi connectivity index (χ4n) is 0.557. The van der Waals surface area contributed by atoms with E-state index in [2.05, 4.69) is 14.7 Å². The third-order valence-electron chi connectivity index (χ3n) is 1.12. The lowest BCUT2D eigenvalue weighted by Crippen LogP contribution is -2.12. The highest BCUT2D eigenvalue weighted by Crippen LogP contribution is 2.05. The van der Waals surface area contributed by atoms with Crippen LogP contribution in [0, 0.1) is 0 Å². The lowest BCUT2D eigenvalue weighted by molar-refractivity contribution is 0.378. The van der Waals surface area contributed by atoms with E-state index in [9.17, 15) is 8.42 Å². The summed E-state index contributed by atoms with van der Waals surface area (Å²) in [5, 5.41) is 4.80. The Bertz CT molecular complexity index is 358. The highest BCUT2D eigenvalue weighted by atomic mass is 32.2. The third kappa shape index (κ3) is 1.89. The first-order valence-electron chi connectivity index (χ1n) is 2.93. The molecule has 0 saturated heterocycles. The fraction of sp³-hybridized carbons (Fsp3) is 0.200. The lowest BCUT2D eigenvalue weighted by Gasteiger charge is -1.97. The predicted octanol–water partition coefficient (Wildman–Crippen LogP) is -0.867. The highest BCUT2D eigenvalue weighted by Gasteiger charge is 2.08. The normalized spacial score (nSPS) is 11.2. The number of ether oxygens (including phenoxy) is 1. The summed E-state index contributed by atoms with van der Waals surface area (Å²) in [5.41, 5.74) is 0. The Morgan fingerprint density at radius 2 is 1.92 bits per heavy atom. The summed E-state index contributed by atoms with van der Waals surface area (Å²) in [6.45, 7) is 0. The smallest absolute Gasteiger partial charge is 0.316 e. The minimum Gasteiger partial charge on any atom is -0.467 e. The van der Waals surface area contributed by atoms with Crippen LogP contribution in [0.15, 0.2) is 17.3 Å². The van der Waals surface area contributed by atoms with Crippen molar-refractivity contribution in [3.63, 3.8) is 0 Å². The van der Waals surface area contributed by atoms with Crippen molar-refractivity contribution < 1.29 is 13.2 Å². The van der Waals surface area contributed by atoms with E-state index in [1.165, 1.54) is 7.11 Å². The SMILES string of the molecule is COc1ncc(S(N)(=O)=O)cn1. The van der Waals surface area contributed by atoms with Crippen LogP contribution in [0.1, 0.15) is 0 Å². The van der Waals surface area contributed by atoms with Crippen LogP contribution in [-0.4, -0.2) is 25.5 Å². The van der Waals surface area contributed by atoms with Gasteiger partial charge in [-0.2, -0.15) is 0 Å². The highest BCUT2D eigenvalue weighted by molar-refractivity contribution is 7.89. The van der Waals surface area contributed by atoms with E-state index in [0.717, 1.165) is 12.4 Å². The average Bonchev–Trinajstić information content (AvgIpc) is 2.03. The van der Waals surface area contributed by atoms with Crippen molar-refractivity contribution in [3.8, 4) is 6.01 Å². The van der Waals surface area contributed by atoms with Crippen molar-refractivity contribution in [2.45, 2.75) is 4.90 Å². The minimum absolute atomic E-state index is 0.0994. The van der Waals surface area contributed by atoms with Crippen molar-refractivity contribution in [1.82, 2.24) is 9.97 Å². The molecule has 2 N–H and O–H groups in total. The molecule has 0 aliphatic carbocycles. The second kappa shape index (κ2) is 3.03. The summed E-state index contributed by atoms with van der Waals surface area (Å²) in [7, 11) is -2.33. The summed E-state index contributed by atoms with van der Waals surface area (Å²) >= 11 is 0. The van der Waals surface area contributed by atoms with Crippen molar-refractivity contribution in [2.75, 3.05) is 7.11 Å². The van der Waals surface area contributed by atoms with Crippen LogP contribution in [0.4, 0.5) is 0 Å². The van der Waals surface area contributed by atoms with Gasteiger partial charge in [-0.05, 0) is 0 Å². The lowest BCUT2D eigenvalue weighted by atomic mass is 10.7. The molecule has 0 radical (unpaired) electrons. The van der Waals surface area contributed by atoms with E-state index in [1.54, 1.807) is 0 Å². The Kier molecular flexibility index (Phi) is 2.25. The molecule has 7 heteroatoms. The summed E-state index contributed by atoms with van der Waals surface area (Å²) in [6.07, 6.45) is 2.17. The Hall–Kier alpha value is -1.21. The number of primary sulfonamides is 1. The van der Waals surface area contributed by atoms with Crippen LogP contribution < -0.4 is 9.88 Å². The van der Waals surface area contributed by atoms with Crippen molar-refractivity contribution in [1.29, 1.82) is 0 Å². The van der Waals surface area contributed by atoms with E-state index in [1.807, 2.05) is 0 Å². The van der Waals surface area contributed by atoms with Gasteiger partial charge in [0.15, 0.2) is 0 Å².